The number of allylic oxidation sites excluding steroid dienone is 18. The molecule has 2 atom stereocenters. The van der Waals surface area contributed by atoms with Gasteiger partial charge in [0.15, 0.2) is 12.1 Å². The Bertz CT molecular complexity index is 1410. The van der Waals surface area contributed by atoms with Crippen LogP contribution in [0, 0.1) is 0 Å². The van der Waals surface area contributed by atoms with Gasteiger partial charge in [-0.15, -0.1) is 0 Å². The van der Waals surface area contributed by atoms with Crippen LogP contribution < -0.4 is 0 Å². The number of carboxylic acid groups (broad SMARTS) is 1. The average molecular weight is 891 g/mol. The van der Waals surface area contributed by atoms with E-state index in [0.717, 1.165) is 83.5 Å². The zero-order valence-electron chi connectivity index (χ0n) is 41.2. The lowest BCUT2D eigenvalue weighted by molar-refractivity contribution is -0.887. The first-order valence-corrected chi connectivity index (χ1v) is 24.9. The Morgan fingerprint density at radius 3 is 1.27 bits per heavy atom. The highest BCUT2D eigenvalue weighted by Crippen LogP contribution is 2.14. The number of ether oxygens (including phenoxy) is 3. The second-order valence-corrected chi connectivity index (χ2v) is 17.3. The summed E-state index contributed by atoms with van der Waals surface area (Å²) in [6, 6.07) is -0.632. The van der Waals surface area contributed by atoms with Crippen LogP contribution in [0.5, 0.6) is 0 Å². The van der Waals surface area contributed by atoms with Crippen LogP contribution in [0.4, 0.5) is 0 Å². The maximum absolute atomic E-state index is 12.8. The van der Waals surface area contributed by atoms with Crippen molar-refractivity contribution >= 4 is 17.9 Å². The summed E-state index contributed by atoms with van der Waals surface area (Å²) in [4.78, 5) is 37.1. The van der Waals surface area contributed by atoms with E-state index >= 15 is 0 Å². The highest BCUT2D eigenvalue weighted by atomic mass is 16.6. The standard InChI is InChI=1S/C56H91NO7/c1-6-8-10-12-14-16-18-20-22-24-25-26-27-28-29-31-32-34-36-38-40-42-44-46-54(58)63-51-52(50-62-49-48-53(56(60)61)57(3,4)5)64-55(59)47-45-43-41-39-37-35-33-30-23-21-19-17-15-13-11-9-7-2/h8-11,14-17,20-23,25-26,33,35,39,41,52-53H,6-7,12-13,18-19,24,27-32,34,36-38,40,42-51H2,1-5H3/p+1/b10-8+,11-9+,16-14+,17-15+,22-20+,23-21+,26-25+,35-33+,41-39+. The fraction of sp³-hybridized carbons (Fsp3) is 0.625. The molecule has 0 saturated heterocycles. The Balaban J connectivity index is 4.34. The molecule has 0 fully saturated rings. The second kappa shape index (κ2) is 45.6. The van der Waals surface area contributed by atoms with E-state index in [2.05, 4.69) is 123 Å². The van der Waals surface area contributed by atoms with E-state index in [1.807, 2.05) is 21.1 Å². The number of hydrogen-bond acceptors (Lipinski definition) is 6. The second-order valence-electron chi connectivity index (χ2n) is 17.3. The summed E-state index contributed by atoms with van der Waals surface area (Å²) in [5.74, 6) is -1.56. The number of hydrogen-bond donors (Lipinski definition) is 1. The molecule has 0 bridgehead atoms. The van der Waals surface area contributed by atoms with Crippen molar-refractivity contribution < 1.29 is 38.2 Å². The molecule has 8 heteroatoms. The summed E-state index contributed by atoms with van der Waals surface area (Å²) in [6.45, 7) is 4.43. The van der Waals surface area contributed by atoms with Crippen molar-refractivity contribution in [3.8, 4) is 0 Å². The zero-order chi connectivity index (χ0) is 47.0. The number of unbranched alkanes of at least 4 members (excludes halogenated alkanes) is 11. The molecule has 0 aliphatic rings. The van der Waals surface area contributed by atoms with Crippen LogP contribution in [0.25, 0.3) is 0 Å². The molecule has 0 rings (SSSR count). The van der Waals surface area contributed by atoms with Crippen molar-refractivity contribution in [2.75, 3.05) is 41.0 Å². The van der Waals surface area contributed by atoms with Crippen molar-refractivity contribution in [3.63, 3.8) is 0 Å². The third kappa shape index (κ3) is 43.3. The third-order valence-corrected chi connectivity index (χ3v) is 10.4. The van der Waals surface area contributed by atoms with Crippen LogP contribution in [0.1, 0.15) is 174 Å². The number of carbonyl (C=O) groups excluding carboxylic acids is 2. The maximum Gasteiger partial charge on any atom is 0.362 e. The fourth-order valence-electron chi connectivity index (χ4n) is 6.65. The van der Waals surface area contributed by atoms with Crippen LogP contribution >= 0.6 is 0 Å². The smallest absolute Gasteiger partial charge is 0.362 e. The number of nitrogens with zero attached hydrogens (tertiary/aromatic N) is 1. The van der Waals surface area contributed by atoms with Gasteiger partial charge in [-0.2, -0.15) is 0 Å². The molecule has 0 radical (unpaired) electrons. The van der Waals surface area contributed by atoms with Gasteiger partial charge >= 0.3 is 17.9 Å². The van der Waals surface area contributed by atoms with Gasteiger partial charge in [0.25, 0.3) is 0 Å². The van der Waals surface area contributed by atoms with Gasteiger partial charge in [-0.05, 0) is 89.9 Å². The van der Waals surface area contributed by atoms with Gasteiger partial charge in [-0.1, -0.05) is 175 Å². The predicted octanol–water partition coefficient (Wildman–Crippen LogP) is 14.4. The molecule has 0 aromatic heterocycles. The van der Waals surface area contributed by atoms with E-state index in [-0.39, 0.29) is 42.7 Å². The van der Waals surface area contributed by atoms with Gasteiger partial charge in [-0.25, -0.2) is 4.79 Å². The SMILES string of the molecule is CC/C=C/C/C=C/C/C=C/C/C=C/C/C=C/CCCC(=O)OC(COCCC(C(=O)O)[N+](C)(C)C)COC(=O)CCCCCCCCCCCC/C=C/C/C=C/C/C=C/C/C=C/CC. The van der Waals surface area contributed by atoms with E-state index in [1.165, 1.54) is 51.4 Å². The van der Waals surface area contributed by atoms with Crippen molar-refractivity contribution in [3.05, 3.63) is 109 Å². The van der Waals surface area contributed by atoms with Crippen molar-refractivity contribution in [2.45, 2.75) is 187 Å². The quantitative estimate of drug-likeness (QED) is 0.0282. The normalized spacial score (nSPS) is 13.8. The molecular formula is C56H92NO7+. The van der Waals surface area contributed by atoms with E-state index in [9.17, 15) is 19.5 Å². The third-order valence-electron chi connectivity index (χ3n) is 10.4. The monoisotopic (exact) mass is 891 g/mol. The van der Waals surface area contributed by atoms with Gasteiger partial charge in [0.1, 0.15) is 6.61 Å². The minimum atomic E-state index is -0.889. The Morgan fingerprint density at radius 1 is 0.469 bits per heavy atom. The van der Waals surface area contributed by atoms with Gasteiger partial charge in [0.2, 0.25) is 0 Å². The molecule has 0 aliphatic heterocycles. The molecule has 0 saturated carbocycles. The van der Waals surface area contributed by atoms with Crippen LogP contribution in [0.2, 0.25) is 0 Å². The maximum atomic E-state index is 12.8. The van der Waals surface area contributed by atoms with Gasteiger partial charge in [-0.3, -0.25) is 9.59 Å². The van der Waals surface area contributed by atoms with E-state index in [0.29, 0.717) is 19.3 Å². The summed E-state index contributed by atoms with van der Waals surface area (Å²) in [5.41, 5.74) is 0. The molecule has 0 aromatic carbocycles. The molecule has 0 amide bonds. The first-order chi connectivity index (χ1) is 31.1. The Labute approximate surface area is 391 Å². The van der Waals surface area contributed by atoms with Crippen LogP contribution in [-0.2, 0) is 28.6 Å². The number of carboxylic acids is 1. The number of likely N-dealkylation sites (N-methyl/N-ethyl adjacent to an activating group) is 1. The lowest BCUT2D eigenvalue weighted by atomic mass is 10.1. The summed E-state index contributed by atoms with van der Waals surface area (Å²) in [7, 11) is 5.50. The summed E-state index contributed by atoms with van der Waals surface area (Å²) >= 11 is 0. The molecule has 362 valence electrons. The van der Waals surface area contributed by atoms with Crippen LogP contribution in [0.15, 0.2) is 109 Å². The fourth-order valence-corrected chi connectivity index (χ4v) is 6.65. The zero-order valence-corrected chi connectivity index (χ0v) is 41.2. The number of aliphatic carboxylic acids is 1. The molecule has 0 heterocycles. The minimum absolute atomic E-state index is 0.0303. The lowest BCUT2D eigenvalue weighted by Gasteiger charge is -2.31. The summed E-state index contributed by atoms with van der Waals surface area (Å²) in [5, 5.41) is 9.65. The number of quaternary nitrogens is 1. The highest BCUT2D eigenvalue weighted by Gasteiger charge is 2.31. The molecule has 0 aliphatic carbocycles. The number of carbonyl (C=O) groups is 3. The van der Waals surface area contributed by atoms with E-state index < -0.39 is 18.1 Å². The van der Waals surface area contributed by atoms with Crippen LogP contribution in [-0.4, -0.2) is 80.6 Å². The van der Waals surface area contributed by atoms with Crippen molar-refractivity contribution in [1.29, 1.82) is 0 Å². The molecule has 8 nitrogen and oxygen atoms in total. The van der Waals surface area contributed by atoms with Crippen LogP contribution in [0.3, 0.4) is 0 Å². The topological polar surface area (TPSA) is 99.1 Å². The molecule has 1 N–H and O–H groups in total. The molecule has 0 spiro atoms. The Hall–Kier alpha value is -4.01. The predicted molar refractivity (Wildman–Crippen MR) is 270 cm³/mol. The minimum Gasteiger partial charge on any atom is -0.477 e. The van der Waals surface area contributed by atoms with Gasteiger partial charge in [0.05, 0.1) is 34.4 Å². The Morgan fingerprint density at radius 2 is 0.844 bits per heavy atom. The number of esters is 2. The van der Waals surface area contributed by atoms with E-state index in [4.69, 9.17) is 14.2 Å². The first kappa shape index (κ1) is 60.0. The average Bonchev–Trinajstić information content (AvgIpc) is 3.26. The Kier molecular flexibility index (Phi) is 42.7. The molecule has 0 aromatic rings. The van der Waals surface area contributed by atoms with Gasteiger partial charge < -0.3 is 23.8 Å². The van der Waals surface area contributed by atoms with E-state index in [1.54, 1.807) is 0 Å². The molecule has 64 heavy (non-hydrogen) atoms. The molecular weight excluding hydrogens is 799 g/mol. The van der Waals surface area contributed by atoms with Gasteiger partial charge in [0, 0.05) is 19.3 Å². The van der Waals surface area contributed by atoms with Crippen molar-refractivity contribution in [1.82, 2.24) is 0 Å². The summed E-state index contributed by atoms with van der Waals surface area (Å²) < 4.78 is 17.3. The highest BCUT2D eigenvalue weighted by molar-refractivity contribution is 5.72. The summed E-state index contributed by atoms with van der Waals surface area (Å²) in [6.07, 6.45) is 62.9. The lowest BCUT2D eigenvalue weighted by Crippen LogP contribution is -2.50. The first-order valence-electron chi connectivity index (χ1n) is 24.9. The molecule has 2 unspecified atom stereocenters. The van der Waals surface area contributed by atoms with Crippen molar-refractivity contribution in [2.24, 2.45) is 0 Å². The number of rotatable bonds is 43. The largest absolute Gasteiger partial charge is 0.477 e.